The number of H-pyrrole nitrogens is 1. The van der Waals surface area contributed by atoms with E-state index < -0.39 is 49.0 Å². The SMILES string of the molecule is O=C(O)c1[nH]n(-c2ccc(S(=O)(=O)O)cc2)c(=O)c1N=Nc1ccc(S(=O)O)cc1. The average molecular weight is 452 g/mol. The third-order valence-electron chi connectivity index (χ3n) is 3.78. The summed E-state index contributed by atoms with van der Waals surface area (Å²) in [5.41, 5.74) is -1.66. The van der Waals surface area contributed by atoms with Gasteiger partial charge < -0.3 is 9.66 Å². The summed E-state index contributed by atoms with van der Waals surface area (Å²) in [7, 11) is -4.44. The molecule has 3 rings (SSSR count). The number of carboxylic acid groups (broad SMARTS) is 1. The Kier molecular flexibility index (Phi) is 5.75. The molecule has 0 saturated carbocycles. The van der Waals surface area contributed by atoms with Gasteiger partial charge in [0.25, 0.3) is 15.7 Å². The number of benzene rings is 2. The molecule has 0 amide bonds. The second-order valence-corrected chi connectivity index (χ2v) is 8.08. The van der Waals surface area contributed by atoms with Crippen LogP contribution in [0.25, 0.3) is 5.69 Å². The van der Waals surface area contributed by atoms with E-state index in [1.807, 2.05) is 0 Å². The minimum Gasteiger partial charge on any atom is -0.476 e. The van der Waals surface area contributed by atoms with Crippen LogP contribution in [0.3, 0.4) is 0 Å². The highest BCUT2D eigenvalue weighted by Gasteiger charge is 2.21. The number of aromatic carboxylic acids is 1. The molecular weight excluding hydrogens is 440 g/mol. The molecule has 1 heterocycles. The fourth-order valence-electron chi connectivity index (χ4n) is 2.36. The van der Waals surface area contributed by atoms with Crippen LogP contribution in [0.1, 0.15) is 10.5 Å². The predicted octanol–water partition coefficient (Wildman–Crippen LogP) is 2.11. The number of carboxylic acids is 1. The van der Waals surface area contributed by atoms with Crippen molar-refractivity contribution in [1.29, 1.82) is 0 Å². The van der Waals surface area contributed by atoms with Crippen LogP contribution >= 0.6 is 0 Å². The fourth-order valence-corrected chi connectivity index (χ4v) is 3.21. The van der Waals surface area contributed by atoms with Crippen LogP contribution in [-0.4, -0.2) is 42.6 Å². The van der Waals surface area contributed by atoms with Gasteiger partial charge in [-0.1, -0.05) is 0 Å². The molecule has 0 bridgehead atoms. The van der Waals surface area contributed by atoms with Crippen molar-refractivity contribution in [1.82, 2.24) is 9.78 Å². The Hall–Kier alpha value is -3.46. The first-order chi connectivity index (χ1) is 14.1. The lowest BCUT2D eigenvalue weighted by atomic mass is 10.3. The fraction of sp³-hybridized carbons (Fsp3) is 0. The van der Waals surface area contributed by atoms with E-state index >= 15 is 0 Å². The lowest BCUT2D eigenvalue weighted by Gasteiger charge is -2.02. The smallest absolute Gasteiger partial charge is 0.356 e. The van der Waals surface area contributed by atoms with Crippen LogP contribution in [0.2, 0.25) is 0 Å². The Morgan fingerprint density at radius 1 is 1.03 bits per heavy atom. The number of hydrogen-bond acceptors (Lipinski definition) is 7. The summed E-state index contributed by atoms with van der Waals surface area (Å²) >= 11 is -2.18. The molecule has 4 N–H and O–H groups in total. The molecule has 0 aliphatic carbocycles. The zero-order chi connectivity index (χ0) is 22.1. The molecular formula is C16H12N4O8S2. The molecule has 3 aromatic rings. The lowest BCUT2D eigenvalue weighted by molar-refractivity contribution is 0.0690. The van der Waals surface area contributed by atoms with Crippen molar-refractivity contribution >= 4 is 38.5 Å². The molecule has 2 aromatic carbocycles. The minimum atomic E-state index is -4.44. The second-order valence-electron chi connectivity index (χ2n) is 5.69. The van der Waals surface area contributed by atoms with Crippen molar-refractivity contribution in [3.8, 4) is 5.69 Å². The molecule has 0 saturated heterocycles. The minimum absolute atomic E-state index is 0.0890. The maximum Gasteiger partial charge on any atom is 0.356 e. The van der Waals surface area contributed by atoms with Crippen molar-refractivity contribution in [2.24, 2.45) is 10.2 Å². The Bertz CT molecular complexity index is 1320. The largest absolute Gasteiger partial charge is 0.476 e. The van der Waals surface area contributed by atoms with Gasteiger partial charge in [-0.15, -0.1) is 5.11 Å². The highest BCUT2D eigenvalue weighted by atomic mass is 32.2. The number of aromatic nitrogens is 2. The molecule has 12 nitrogen and oxygen atoms in total. The zero-order valence-electron chi connectivity index (χ0n) is 14.7. The third-order valence-corrected chi connectivity index (χ3v) is 5.32. The maximum absolute atomic E-state index is 12.6. The van der Waals surface area contributed by atoms with Crippen molar-refractivity contribution in [2.75, 3.05) is 0 Å². The van der Waals surface area contributed by atoms with Crippen LogP contribution in [0, 0.1) is 0 Å². The maximum atomic E-state index is 12.6. The number of hydrogen-bond donors (Lipinski definition) is 4. The molecule has 0 fully saturated rings. The third kappa shape index (κ3) is 4.41. The van der Waals surface area contributed by atoms with E-state index in [4.69, 9.17) is 9.11 Å². The average Bonchev–Trinajstić information content (AvgIpc) is 3.02. The highest BCUT2D eigenvalue weighted by Crippen LogP contribution is 2.21. The number of aromatic amines is 1. The van der Waals surface area contributed by atoms with Gasteiger partial charge in [-0.25, -0.2) is 13.7 Å². The van der Waals surface area contributed by atoms with Gasteiger partial charge in [-0.05, 0) is 48.5 Å². The first kappa shape index (κ1) is 21.3. The number of rotatable bonds is 6. The predicted molar refractivity (Wildman–Crippen MR) is 103 cm³/mol. The summed E-state index contributed by atoms with van der Waals surface area (Å²) in [5, 5.41) is 19.1. The van der Waals surface area contributed by atoms with Crippen LogP contribution in [0.5, 0.6) is 0 Å². The van der Waals surface area contributed by atoms with Gasteiger partial charge in [0.1, 0.15) is 0 Å². The number of carbonyl (C=O) groups is 1. The summed E-state index contributed by atoms with van der Waals surface area (Å²) in [6.45, 7) is 0. The van der Waals surface area contributed by atoms with Crippen molar-refractivity contribution in [3.05, 3.63) is 64.6 Å². The number of nitrogens with zero attached hydrogens (tertiary/aromatic N) is 3. The molecule has 30 heavy (non-hydrogen) atoms. The molecule has 156 valence electrons. The van der Waals surface area contributed by atoms with Crippen LogP contribution in [0.15, 0.2) is 73.3 Å². The van der Waals surface area contributed by atoms with Crippen LogP contribution < -0.4 is 5.56 Å². The normalized spacial score (nSPS) is 12.9. The van der Waals surface area contributed by atoms with E-state index in [0.717, 1.165) is 16.8 Å². The molecule has 1 atom stereocenters. The van der Waals surface area contributed by atoms with E-state index in [0.29, 0.717) is 0 Å². The summed E-state index contributed by atoms with van der Waals surface area (Å²) < 4.78 is 52.0. The molecule has 1 unspecified atom stereocenters. The van der Waals surface area contributed by atoms with Gasteiger partial charge in [0.2, 0.25) is 0 Å². The Balaban J connectivity index is 2.01. The lowest BCUT2D eigenvalue weighted by Crippen LogP contribution is -2.14. The molecule has 1 aromatic heterocycles. The zero-order valence-corrected chi connectivity index (χ0v) is 16.3. The highest BCUT2D eigenvalue weighted by molar-refractivity contribution is 7.85. The van der Waals surface area contributed by atoms with E-state index in [1.165, 1.54) is 36.4 Å². The standard InChI is InChI=1S/C16H12N4O8S2/c21-15-13(18-17-9-1-5-11(6-2-9)29(24)25)14(16(22)23)19-20(15)10-3-7-12(8-4-10)30(26,27)28/h1-8,19H,(H,22,23)(H,24,25)(H,26,27,28). The molecule has 14 heteroatoms. The van der Waals surface area contributed by atoms with Gasteiger partial charge >= 0.3 is 5.97 Å². The van der Waals surface area contributed by atoms with E-state index in [2.05, 4.69) is 15.3 Å². The first-order valence-electron chi connectivity index (χ1n) is 7.87. The van der Waals surface area contributed by atoms with Crippen LogP contribution in [-0.2, 0) is 21.2 Å². The van der Waals surface area contributed by atoms with Gasteiger partial charge in [0.05, 0.1) is 21.2 Å². The molecule has 0 aliphatic rings. The van der Waals surface area contributed by atoms with E-state index in [9.17, 15) is 27.3 Å². The van der Waals surface area contributed by atoms with E-state index in [1.54, 1.807) is 0 Å². The Morgan fingerprint density at radius 2 is 1.63 bits per heavy atom. The summed E-state index contributed by atoms with van der Waals surface area (Å²) in [6, 6.07) is 9.77. The molecule has 0 spiro atoms. The van der Waals surface area contributed by atoms with Crippen molar-refractivity contribution < 1.29 is 31.6 Å². The second kappa shape index (κ2) is 8.11. The molecule has 0 aliphatic heterocycles. The van der Waals surface area contributed by atoms with Crippen molar-refractivity contribution in [2.45, 2.75) is 9.79 Å². The van der Waals surface area contributed by atoms with E-state index in [-0.39, 0.29) is 16.3 Å². The summed E-state index contributed by atoms with van der Waals surface area (Å²) in [6.07, 6.45) is 0. The van der Waals surface area contributed by atoms with Gasteiger partial charge in [0.15, 0.2) is 22.5 Å². The Labute approximate surface area is 170 Å². The number of azo groups is 1. The summed E-state index contributed by atoms with van der Waals surface area (Å²) in [5.74, 6) is -1.49. The Morgan fingerprint density at radius 3 is 2.13 bits per heavy atom. The monoisotopic (exact) mass is 452 g/mol. The molecule has 0 radical (unpaired) electrons. The van der Waals surface area contributed by atoms with Gasteiger partial charge in [0, 0.05) is 0 Å². The van der Waals surface area contributed by atoms with Crippen LogP contribution in [0.4, 0.5) is 11.4 Å². The first-order valence-corrected chi connectivity index (χ1v) is 10.4. The van der Waals surface area contributed by atoms with Gasteiger partial charge in [-0.3, -0.25) is 14.4 Å². The number of nitrogens with one attached hydrogen (secondary N) is 1. The summed E-state index contributed by atoms with van der Waals surface area (Å²) in [4.78, 5) is 23.8. The van der Waals surface area contributed by atoms with Gasteiger partial charge in [-0.2, -0.15) is 13.5 Å². The quantitative estimate of drug-likeness (QED) is 0.248. The van der Waals surface area contributed by atoms with Crippen molar-refractivity contribution in [3.63, 3.8) is 0 Å². The topological polar surface area (TPSA) is 191 Å².